The van der Waals surface area contributed by atoms with Gasteiger partial charge in [-0.15, -0.1) is 0 Å². The van der Waals surface area contributed by atoms with Crippen LogP contribution < -0.4 is 5.32 Å². The van der Waals surface area contributed by atoms with Gasteiger partial charge in [0.15, 0.2) is 0 Å². The van der Waals surface area contributed by atoms with Crippen LogP contribution >= 0.6 is 0 Å². The van der Waals surface area contributed by atoms with E-state index in [-0.39, 0.29) is 12.1 Å². The normalized spacial score (nSPS) is 14.9. The van der Waals surface area contributed by atoms with E-state index in [1.165, 1.54) is 5.56 Å². The first-order valence-corrected chi connectivity index (χ1v) is 4.85. The zero-order valence-corrected chi connectivity index (χ0v) is 9.24. The summed E-state index contributed by atoms with van der Waals surface area (Å²) in [5.41, 5.74) is 2.28. The maximum absolute atomic E-state index is 5.24. The first-order valence-electron chi connectivity index (χ1n) is 4.85. The van der Waals surface area contributed by atoms with Gasteiger partial charge in [0.05, 0.1) is 18.0 Å². The molecule has 0 saturated heterocycles. The molecule has 0 aliphatic rings. The number of aromatic nitrogens is 1. The van der Waals surface area contributed by atoms with Gasteiger partial charge in [0.2, 0.25) is 0 Å². The number of anilines is 1. The average Bonchev–Trinajstić information content (AvgIpc) is 2.20. The van der Waals surface area contributed by atoms with Gasteiger partial charge in [-0.25, -0.2) is 0 Å². The van der Waals surface area contributed by atoms with Crippen LogP contribution in [0.1, 0.15) is 19.4 Å². The molecule has 0 radical (unpaired) electrons. The lowest BCUT2D eigenvalue weighted by atomic mass is 10.2. The summed E-state index contributed by atoms with van der Waals surface area (Å²) in [4.78, 5) is 4.08. The van der Waals surface area contributed by atoms with Gasteiger partial charge in [-0.1, -0.05) is 0 Å². The largest absolute Gasteiger partial charge is 0.380 e. The molecular weight excluding hydrogens is 176 g/mol. The molecule has 78 valence electrons. The Morgan fingerprint density at radius 3 is 2.71 bits per heavy atom. The number of nitrogens with zero attached hydrogens (tertiary/aromatic N) is 1. The number of methoxy groups -OCH3 is 1. The molecule has 0 spiro atoms. The molecule has 1 aromatic heterocycles. The summed E-state index contributed by atoms with van der Waals surface area (Å²) in [6, 6.07) is 2.27. The van der Waals surface area contributed by atoms with Crippen LogP contribution in [0.2, 0.25) is 0 Å². The summed E-state index contributed by atoms with van der Waals surface area (Å²) < 4.78 is 5.24. The van der Waals surface area contributed by atoms with Gasteiger partial charge in [-0.2, -0.15) is 0 Å². The van der Waals surface area contributed by atoms with Crippen molar-refractivity contribution in [2.75, 3.05) is 12.4 Å². The SMILES string of the molecule is COC(C)C(C)Nc1cnccc1C. The van der Waals surface area contributed by atoms with E-state index in [9.17, 15) is 0 Å². The fourth-order valence-corrected chi connectivity index (χ4v) is 1.18. The van der Waals surface area contributed by atoms with E-state index in [0.29, 0.717) is 0 Å². The molecule has 0 aliphatic heterocycles. The number of pyridine rings is 1. The average molecular weight is 194 g/mol. The topological polar surface area (TPSA) is 34.1 Å². The summed E-state index contributed by atoms with van der Waals surface area (Å²) in [6.45, 7) is 6.21. The van der Waals surface area contributed by atoms with Crippen LogP contribution in [-0.2, 0) is 4.74 Å². The van der Waals surface area contributed by atoms with E-state index >= 15 is 0 Å². The van der Waals surface area contributed by atoms with Crippen LogP contribution in [0.25, 0.3) is 0 Å². The molecule has 1 rings (SSSR count). The lowest BCUT2D eigenvalue weighted by Gasteiger charge is -2.21. The van der Waals surface area contributed by atoms with Crippen LogP contribution in [0.15, 0.2) is 18.5 Å². The van der Waals surface area contributed by atoms with Crippen LogP contribution in [0, 0.1) is 6.92 Å². The third-order valence-corrected chi connectivity index (χ3v) is 2.50. The minimum atomic E-state index is 0.189. The van der Waals surface area contributed by atoms with E-state index in [1.807, 2.05) is 19.2 Å². The zero-order valence-electron chi connectivity index (χ0n) is 9.24. The minimum absolute atomic E-state index is 0.189. The second-order valence-corrected chi connectivity index (χ2v) is 3.56. The zero-order chi connectivity index (χ0) is 10.6. The third-order valence-electron chi connectivity index (χ3n) is 2.50. The van der Waals surface area contributed by atoms with Crippen molar-refractivity contribution in [1.29, 1.82) is 0 Å². The lowest BCUT2D eigenvalue weighted by molar-refractivity contribution is 0.106. The van der Waals surface area contributed by atoms with Crippen molar-refractivity contribution in [3.05, 3.63) is 24.0 Å². The first-order chi connectivity index (χ1) is 6.65. The van der Waals surface area contributed by atoms with Crippen molar-refractivity contribution in [2.45, 2.75) is 32.9 Å². The van der Waals surface area contributed by atoms with Gasteiger partial charge in [0.1, 0.15) is 0 Å². The summed E-state index contributed by atoms with van der Waals surface area (Å²) in [5.74, 6) is 0. The van der Waals surface area contributed by atoms with Crippen molar-refractivity contribution in [1.82, 2.24) is 4.98 Å². The fourth-order valence-electron chi connectivity index (χ4n) is 1.18. The Morgan fingerprint density at radius 2 is 2.14 bits per heavy atom. The van der Waals surface area contributed by atoms with E-state index in [1.54, 1.807) is 13.3 Å². The fraction of sp³-hybridized carbons (Fsp3) is 0.545. The van der Waals surface area contributed by atoms with Crippen molar-refractivity contribution >= 4 is 5.69 Å². The molecule has 0 amide bonds. The smallest absolute Gasteiger partial charge is 0.0741 e. The van der Waals surface area contributed by atoms with Gasteiger partial charge in [0.25, 0.3) is 0 Å². The number of hydrogen-bond acceptors (Lipinski definition) is 3. The molecule has 1 heterocycles. The Balaban J connectivity index is 2.64. The van der Waals surface area contributed by atoms with E-state index in [2.05, 4.69) is 24.1 Å². The van der Waals surface area contributed by atoms with Gasteiger partial charge >= 0.3 is 0 Å². The standard InChI is InChI=1S/C11H18N2O/c1-8-5-6-12-7-11(8)13-9(2)10(3)14-4/h5-7,9-10,13H,1-4H3. The van der Waals surface area contributed by atoms with Crippen LogP contribution in [-0.4, -0.2) is 24.2 Å². The van der Waals surface area contributed by atoms with Gasteiger partial charge in [-0.05, 0) is 32.4 Å². The lowest BCUT2D eigenvalue weighted by Crippen LogP contribution is -2.29. The van der Waals surface area contributed by atoms with E-state index in [0.717, 1.165) is 5.69 Å². The monoisotopic (exact) mass is 194 g/mol. The second kappa shape index (κ2) is 4.96. The maximum Gasteiger partial charge on any atom is 0.0741 e. The number of hydrogen-bond donors (Lipinski definition) is 1. The van der Waals surface area contributed by atoms with E-state index < -0.39 is 0 Å². The number of rotatable bonds is 4. The highest BCUT2D eigenvalue weighted by atomic mass is 16.5. The van der Waals surface area contributed by atoms with Gasteiger partial charge < -0.3 is 10.1 Å². The Morgan fingerprint density at radius 1 is 1.43 bits per heavy atom. The third kappa shape index (κ3) is 2.70. The predicted molar refractivity (Wildman–Crippen MR) is 58.5 cm³/mol. The highest BCUT2D eigenvalue weighted by molar-refractivity contribution is 5.48. The molecule has 1 aromatic rings. The molecule has 0 bridgehead atoms. The van der Waals surface area contributed by atoms with E-state index in [4.69, 9.17) is 4.74 Å². The predicted octanol–water partition coefficient (Wildman–Crippen LogP) is 2.23. The van der Waals surface area contributed by atoms with Crippen molar-refractivity contribution in [3.8, 4) is 0 Å². The molecule has 0 aliphatic carbocycles. The molecule has 3 nitrogen and oxygen atoms in total. The summed E-state index contributed by atoms with van der Waals surface area (Å²) in [6.07, 6.45) is 3.83. The number of nitrogens with one attached hydrogen (secondary N) is 1. The quantitative estimate of drug-likeness (QED) is 0.798. The Hall–Kier alpha value is -1.09. The van der Waals surface area contributed by atoms with Gasteiger partial charge in [0, 0.05) is 19.3 Å². The first kappa shape index (κ1) is 11.0. The molecular formula is C11H18N2O. The number of ether oxygens (including phenoxy) is 1. The molecule has 2 unspecified atom stereocenters. The van der Waals surface area contributed by atoms with Crippen molar-refractivity contribution in [3.63, 3.8) is 0 Å². The van der Waals surface area contributed by atoms with Crippen LogP contribution in [0.3, 0.4) is 0 Å². The second-order valence-electron chi connectivity index (χ2n) is 3.56. The molecule has 14 heavy (non-hydrogen) atoms. The summed E-state index contributed by atoms with van der Waals surface area (Å²) >= 11 is 0. The molecule has 0 aromatic carbocycles. The van der Waals surface area contributed by atoms with Crippen LogP contribution in [0.4, 0.5) is 5.69 Å². The summed E-state index contributed by atoms with van der Waals surface area (Å²) in [7, 11) is 1.72. The molecule has 1 N–H and O–H groups in total. The maximum atomic E-state index is 5.24. The van der Waals surface area contributed by atoms with Crippen molar-refractivity contribution in [2.24, 2.45) is 0 Å². The van der Waals surface area contributed by atoms with Crippen molar-refractivity contribution < 1.29 is 4.74 Å². The molecule has 2 atom stereocenters. The molecule has 3 heteroatoms. The molecule has 0 saturated carbocycles. The summed E-state index contributed by atoms with van der Waals surface area (Å²) in [5, 5.41) is 3.37. The Bertz CT molecular complexity index is 288. The number of aryl methyl sites for hydroxylation is 1. The van der Waals surface area contributed by atoms with Crippen LogP contribution in [0.5, 0.6) is 0 Å². The Labute approximate surface area is 85.5 Å². The highest BCUT2D eigenvalue weighted by Crippen LogP contribution is 2.14. The van der Waals surface area contributed by atoms with Gasteiger partial charge in [-0.3, -0.25) is 4.98 Å². The minimum Gasteiger partial charge on any atom is -0.380 e. The Kier molecular flexibility index (Phi) is 3.89. The highest BCUT2D eigenvalue weighted by Gasteiger charge is 2.11. The molecule has 0 fully saturated rings.